The average Bonchev–Trinajstić information content (AvgIpc) is 1.84. The van der Waals surface area contributed by atoms with Crippen LogP contribution >= 0.6 is 11.6 Å². The van der Waals surface area contributed by atoms with Gasteiger partial charge in [-0.25, -0.2) is 9.97 Å². The van der Waals surface area contributed by atoms with E-state index < -0.39 is 0 Å². The lowest BCUT2D eigenvalue weighted by Crippen LogP contribution is -1.99. The summed E-state index contributed by atoms with van der Waals surface area (Å²) in [5, 5.41) is 0.423. The van der Waals surface area contributed by atoms with Crippen molar-refractivity contribution < 1.29 is 0 Å². The van der Waals surface area contributed by atoms with Crippen molar-refractivity contribution in [2.45, 2.75) is 13.8 Å². The highest BCUT2D eigenvalue weighted by molar-refractivity contribution is 6.30. The van der Waals surface area contributed by atoms with E-state index in [0.717, 1.165) is 0 Å². The quantitative estimate of drug-likeness (QED) is 0.618. The Morgan fingerprint density at radius 1 is 1.20 bits per heavy atom. The van der Waals surface area contributed by atoms with Crippen molar-refractivity contribution in [1.82, 2.24) is 9.97 Å². The molecule has 1 rings (SSSR count). The fourth-order valence-corrected chi connectivity index (χ4v) is 0.762. The van der Waals surface area contributed by atoms with Crippen molar-refractivity contribution in [3.05, 3.63) is 16.5 Å². The number of nitrogens with two attached hydrogens (primary N) is 1. The Bertz CT molecular complexity index is 209. The molecule has 0 saturated carbocycles. The second kappa shape index (κ2) is 2.42. The lowest BCUT2D eigenvalue weighted by atomic mass is 10.4. The van der Waals surface area contributed by atoms with E-state index in [2.05, 4.69) is 9.97 Å². The minimum Gasteiger partial charge on any atom is -0.382 e. The van der Waals surface area contributed by atoms with Crippen molar-refractivity contribution in [2.24, 2.45) is 0 Å². The summed E-state index contributed by atoms with van der Waals surface area (Å²) in [6.45, 7) is 3.54. The van der Waals surface area contributed by atoms with Gasteiger partial charge in [-0.05, 0) is 13.8 Å². The van der Waals surface area contributed by atoms with Crippen LogP contribution in [0.4, 0.5) is 5.82 Å². The van der Waals surface area contributed by atoms with Gasteiger partial charge < -0.3 is 5.73 Å². The summed E-state index contributed by atoms with van der Waals surface area (Å²) < 4.78 is 0. The molecule has 1 aromatic rings. The fraction of sp³-hybridized carbons (Fsp3) is 0.333. The Hall–Kier alpha value is -0.830. The Labute approximate surface area is 64.2 Å². The van der Waals surface area contributed by atoms with Gasteiger partial charge in [0.2, 0.25) is 0 Å². The van der Waals surface area contributed by atoms with Gasteiger partial charge in [-0.1, -0.05) is 11.6 Å². The number of nitrogen functional groups attached to an aromatic ring is 1. The van der Waals surface area contributed by atoms with Gasteiger partial charge in [-0.3, -0.25) is 0 Å². The molecule has 0 spiro atoms. The van der Waals surface area contributed by atoms with Crippen LogP contribution in [-0.2, 0) is 0 Å². The summed E-state index contributed by atoms with van der Waals surface area (Å²) >= 11 is 5.66. The minimum atomic E-state index is 0.423. The van der Waals surface area contributed by atoms with E-state index in [-0.39, 0.29) is 0 Å². The van der Waals surface area contributed by atoms with Crippen LogP contribution in [0.1, 0.15) is 11.4 Å². The van der Waals surface area contributed by atoms with Gasteiger partial charge in [-0.15, -0.1) is 0 Å². The molecule has 0 radical (unpaired) electrons. The summed E-state index contributed by atoms with van der Waals surface area (Å²) in [7, 11) is 0. The summed E-state index contributed by atoms with van der Waals surface area (Å²) in [5.74, 6) is 0.446. The van der Waals surface area contributed by atoms with E-state index in [1.165, 1.54) is 0 Å². The number of nitrogens with zero attached hydrogens (tertiary/aromatic N) is 2. The average molecular weight is 158 g/mol. The Balaban J connectivity index is 3.28. The van der Waals surface area contributed by atoms with E-state index in [4.69, 9.17) is 17.3 Å². The van der Waals surface area contributed by atoms with Crippen LogP contribution in [0.15, 0.2) is 0 Å². The number of rotatable bonds is 0. The number of aromatic nitrogens is 2. The van der Waals surface area contributed by atoms with Gasteiger partial charge in [0, 0.05) is 0 Å². The zero-order chi connectivity index (χ0) is 7.72. The summed E-state index contributed by atoms with van der Waals surface area (Å²) in [4.78, 5) is 7.91. The first-order chi connectivity index (χ1) is 4.61. The van der Waals surface area contributed by atoms with E-state index in [1.54, 1.807) is 13.8 Å². The second-order valence-electron chi connectivity index (χ2n) is 2.07. The van der Waals surface area contributed by atoms with Gasteiger partial charge >= 0.3 is 0 Å². The van der Waals surface area contributed by atoms with Crippen LogP contribution in [0.25, 0.3) is 0 Å². The van der Waals surface area contributed by atoms with Gasteiger partial charge in [-0.2, -0.15) is 0 Å². The molecule has 0 amide bonds. The maximum absolute atomic E-state index is 5.66. The first-order valence-corrected chi connectivity index (χ1v) is 3.25. The smallest absolute Gasteiger partial charge is 0.150 e. The number of aryl methyl sites for hydroxylation is 2. The Morgan fingerprint density at radius 3 is 2.30 bits per heavy atom. The minimum absolute atomic E-state index is 0.423. The van der Waals surface area contributed by atoms with Crippen molar-refractivity contribution in [2.75, 3.05) is 5.73 Å². The highest BCUT2D eigenvalue weighted by Gasteiger charge is 2.01. The van der Waals surface area contributed by atoms with Crippen LogP contribution in [0, 0.1) is 13.8 Å². The molecule has 0 aliphatic heterocycles. The topological polar surface area (TPSA) is 51.8 Å². The van der Waals surface area contributed by atoms with Gasteiger partial charge in [0.1, 0.15) is 5.82 Å². The summed E-state index contributed by atoms with van der Waals surface area (Å²) in [6.07, 6.45) is 0. The molecular formula is C6H8ClN3. The molecule has 0 aliphatic carbocycles. The van der Waals surface area contributed by atoms with Gasteiger partial charge in [0.25, 0.3) is 0 Å². The highest BCUT2D eigenvalue weighted by Crippen LogP contribution is 2.12. The molecule has 10 heavy (non-hydrogen) atoms. The first-order valence-electron chi connectivity index (χ1n) is 2.87. The van der Waals surface area contributed by atoms with Crippen molar-refractivity contribution >= 4 is 17.4 Å². The van der Waals surface area contributed by atoms with Crippen molar-refractivity contribution in [3.63, 3.8) is 0 Å². The Kier molecular flexibility index (Phi) is 1.76. The molecule has 1 aromatic heterocycles. The highest BCUT2D eigenvalue weighted by atomic mass is 35.5. The molecule has 4 heteroatoms. The first kappa shape index (κ1) is 7.28. The van der Waals surface area contributed by atoms with Crippen LogP contribution < -0.4 is 5.73 Å². The molecule has 1 heterocycles. The largest absolute Gasteiger partial charge is 0.382 e. The van der Waals surface area contributed by atoms with E-state index >= 15 is 0 Å². The molecule has 2 N–H and O–H groups in total. The van der Waals surface area contributed by atoms with E-state index in [0.29, 0.717) is 22.4 Å². The monoisotopic (exact) mass is 157 g/mol. The third-order valence-corrected chi connectivity index (χ3v) is 1.58. The summed E-state index contributed by atoms with van der Waals surface area (Å²) in [6, 6.07) is 0. The SMILES string of the molecule is Cc1nc(Cl)c(C)nc1N. The Morgan fingerprint density at radius 2 is 1.80 bits per heavy atom. The molecule has 3 nitrogen and oxygen atoms in total. The van der Waals surface area contributed by atoms with Gasteiger partial charge in [0.05, 0.1) is 11.4 Å². The zero-order valence-corrected chi connectivity index (χ0v) is 6.61. The fourth-order valence-electron chi connectivity index (χ4n) is 0.593. The third kappa shape index (κ3) is 1.19. The van der Waals surface area contributed by atoms with E-state index in [9.17, 15) is 0 Å². The molecular weight excluding hydrogens is 150 g/mol. The van der Waals surface area contributed by atoms with E-state index in [1.807, 2.05) is 0 Å². The maximum Gasteiger partial charge on any atom is 0.150 e. The molecule has 0 aliphatic rings. The van der Waals surface area contributed by atoms with Crippen LogP contribution in [0.3, 0.4) is 0 Å². The predicted octanol–water partition coefficient (Wildman–Crippen LogP) is 1.33. The molecule has 0 unspecified atom stereocenters. The standard InChI is InChI=1S/C6H8ClN3/c1-3-5(7)9-4(2)6(8)10-3/h1-2H3,(H2,8,10). The number of hydrogen-bond donors (Lipinski definition) is 1. The summed E-state index contributed by atoms with van der Waals surface area (Å²) in [5.41, 5.74) is 6.80. The van der Waals surface area contributed by atoms with Crippen molar-refractivity contribution in [1.29, 1.82) is 0 Å². The molecule has 0 saturated heterocycles. The molecule has 0 atom stereocenters. The second-order valence-corrected chi connectivity index (χ2v) is 2.43. The maximum atomic E-state index is 5.66. The predicted molar refractivity (Wildman–Crippen MR) is 40.9 cm³/mol. The van der Waals surface area contributed by atoms with Crippen LogP contribution in [-0.4, -0.2) is 9.97 Å². The molecule has 54 valence electrons. The number of hydrogen-bond acceptors (Lipinski definition) is 3. The normalized spacial score (nSPS) is 9.90. The van der Waals surface area contributed by atoms with Crippen LogP contribution in [0.5, 0.6) is 0 Å². The molecule has 0 bridgehead atoms. The van der Waals surface area contributed by atoms with Crippen molar-refractivity contribution in [3.8, 4) is 0 Å². The molecule has 0 aromatic carbocycles. The van der Waals surface area contributed by atoms with Gasteiger partial charge in [0.15, 0.2) is 5.15 Å². The number of halogens is 1. The molecule has 0 fully saturated rings. The third-order valence-electron chi connectivity index (χ3n) is 1.22. The number of anilines is 1. The lowest BCUT2D eigenvalue weighted by Gasteiger charge is -2.00. The zero-order valence-electron chi connectivity index (χ0n) is 5.85. The van der Waals surface area contributed by atoms with Crippen LogP contribution in [0.2, 0.25) is 5.15 Å². The lowest BCUT2D eigenvalue weighted by molar-refractivity contribution is 1.07.